The first-order valence-corrected chi connectivity index (χ1v) is 6.32. The summed E-state index contributed by atoms with van der Waals surface area (Å²) >= 11 is 0. The number of Topliss-reactive ketones (excluding diaryl/α,β-unsaturated/α-hetero) is 1. The maximum atomic E-state index is 11.9. The Morgan fingerprint density at radius 1 is 0.900 bits per heavy atom. The van der Waals surface area contributed by atoms with Gasteiger partial charge in [0, 0.05) is 17.5 Å². The molecule has 20 heavy (non-hydrogen) atoms. The highest BCUT2D eigenvalue weighted by Crippen LogP contribution is 2.10. The number of hydrogen-bond acceptors (Lipinski definition) is 3. The summed E-state index contributed by atoms with van der Waals surface area (Å²) in [5.74, 6) is -0.445. The van der Waals surface area contributed by atoms with Crippen LogP contribution in [-0.2, 0) is 6.42 Å². The van der Waals surface area contributed by atoms with E-state index in [-0.39, 0.29) is 5.78 Å². The van der Waals surface area contributed by atoms with Gasteiger partial charge in [-0.15, -0.1) is 0 Å². The largest absolute Gasteiger partial charge is 0.294 e. The van der Waals surface area contributed by atoms with Crippen molar-refractivity contribution in [2.24, 2.45) is 0 Å². The van der Waals surface area contributed by atoms with Crippen LogP contribution in [0.3, 0.4) is 0 Å². The van der Waals surface area contributed by atoms with Gasteiger partial charge in [-0.05, 0) is 24.1 Å². The van der Waals surface area contributed by atoms with E-state index in [0.717, 1.165) is 5.56 Å². The van der Waals surface area contributed by atoms with Gasteiger partial charge < -0.3 is 0 Å². The number of aryl methyl sites for hydroxylation is 1. The molecule has 1 amide bonds. The van der Waals surface area contributed by atoms with Crippen molar-refractivity contribution in [3.8, 4) is 0 Å². The fourth-order valence-corrected chi connectivity index (χ4v) is 1.91. The zero-order chi connectivity index (χ0) is 14.4. The summed E-state index contributed by atoms with van der Waals surface area (Å²) in [6, 6.07) is 16.0. The molecule has 4 heteroatoms. The lowest BCUT2D eigenvalue weighted by molar-refractivity contribution is 0.0706. The van der Waals surface area contributed by atoms with E-state index < -0.39 is 5.91 Å². The normalized spacial score (nSPS) is 10.1. The Balaban J connectivity index is 1.94. The molecule has 2 rings (SSSR count). The second-order valence-electron chi connectivity index (χ2n) is 4.43. The maximum absolute atomic E-state index is 11.9. The molecule has 0 bridgehead atoms. The molecule has 0 heterocycles. The SMILES string of the molecule is O=C(CCc1ccc(C(=O)NO)cc1)c1ccccc1. The van der Waals surface area contributed by atoms with E-state index in [0.29, 0.717) is 24.0 Å². The Hall–Kier alpha value is -2.46. The molecule has 0 atom stereocenters. The zero-order valence-corrected chi connectivity index (χ0v) is 10.9. The topological polar surface area (TPSA) is 66.4 Å². The van der Waals surface area contributed by atoms with Gasteiger partial charge in [0.05, 0.1) is 0 Å². The fourth-order valence-electron chi connectivity index (χ4n) is 1.91. The van der Waals surface area contributed by atoms with Gasteiger partial charge in [-0.25, -0.2) is 5.48 Å². The van der Waals surface area contributed by atoms with Crippen LogP contribution in [0.25, 0.3) is 0 Å². The van der Waals surface area contributed by atoms with E-state index in [2.05, 4.69) is 0 Å². The van der Waals surface area contributed by atoms with Gasteiger partial charge in [-0.1, -0.05) is 42.5 Å². The summed E-state index contributed by atoms with van der Waals surface area (Å²) in [5, 5.41) is 8.52. The Morgan fingerprint density at radius 2 is 1.55 bits per heavy atom. The van der Waals surface area contributed by atoms with Crippen molar-refractivity contribution < 1.29 is 14.8 Å². The van der Waals surface area contributed by atoms with Gasteiger partial charge in [0.2, 0.25) is 0 Å². The molecule has 0 saturated carbocycles. The Morgan fingerprint density at radius 3 is 2.15 bits per heavy atom. The van der Waals surface area contributed by atoms with Crippen LogP contribution in [-0.4, -0.2) is 16.9 Å². The van der Waals surface area contributed by atoms with Gasteiger partial charge in [0.25, 0.3) is 5.91 Å². The van der Waals surface area contributed by atoms with E-state index in [4.69, 9.17) is 5.21 Å². The molecule has 0 spiro atoms. The number of nitrogens with one attached hydrogen (secondary N) is 1. The lowest BCUT2D eigenvalue weighted by Gasteiger charge is -2.03. The number of hydroxylamine groups is 1. The third-order valence-corrected chi connectivity index (χ3v) is 3.05. The monoisotopic (exact) mass is 269 g/mol. The van der Waals surface area contributed by atoms with Crippen LogP contribution in [0.15, 0.2) is 54.6 Å². The van der Waals surface area contributed by atoms with Crippen LogP contribution in [0.2, 0.25) is 0 Å². The van der Waals surface area contributed by atoms with Crippen molar-refractivity contribution in [3.63, 3.8) is 0 Å². The van der Waals surface area contributed by atoms with Crippen molar-refractivity contribution in [1.29, 1.82) is 0 Å². The second kappa shape index (κ2) is 6.63. The van der Waals surface area contributed by atoms with Crippen LogP contribution in [0.1, 0.15) is 32.7 Å². The fraction of sp³-hybridized carbons (Fsp3) is 0.125. The molecule has 0 aromatic heterocycles. The van der Waals surface area contributed by atoms with Crippen molar-refractivity contribution in [2.75, 3.05) is 0 Å². The minimum atomic E-state index is -0.545. The minimum absolute atomic E-state index is 0.0998. The second-order valence-corrected chi connectivity index (χ2v) is 4.43. The van der Waals surface area contributed by atoms with Gasteiger partial charge >= 0.3 is 0 Å². The van der Waals surface area contributed by atoms with Gasteiger partial charge in [0.1, 0.15) is 0 Å². The number of amides is 1. The molecule has 2 aromatic rings. The summed E-state index contributed by atoms with van der Waals surface area (Å²) in [5.41, 5.74) is 3.65. The predicted molar refractivity (Wildman–Crippen MR) is 74.8 cm³/mol. The summed E-state index contributed by atoms with van der Waals surface area (Å²) in [6.45, 7) is 0. The third kappa shape index (κ3) is 3.52. The lowest BCUT2D eigenvalue weighted by Crippen LogP contribution is -2.18. The molecule has 0 saturated heterocycles. The van der Waals surface area contributed by atoms with E-state index in [1.54, 1.807) is 41.9 Å². The van der Waals surface area contributed by atoms with E-state index in [9.17, 15) is 9.59 Å². The average molecular weight is 269 g/mol. The highest BCUT2D eigenvalue weighted by Gasteiger charge is 2.07. The molecule has 102 valence electrons. The molecule has 0 unspecified atom stereocenters. The number of hydrogen-bond donors (Lipinski definition) is 2. The highest BCUT2D eigenvalue weighted by atomic mass is 16.5. The van der Waals surface area contributed by atoms with E-state index in [1.807, 2.05) is 18.2 Å². The Kier molecular flexibility index (Phi) is 4.63. The smallest absolute Gasteiger partial charge is 0.274 e. The Bertz CT molecular complexity index is 591. The molecule has 0 radical (unpaired) electrons. The number of carbonyl (C=O) groups excluding carboxylic acids is 2. The Labute approximate surface area is 117 Å². The van der Waals surface area contributed by atoms with Crippen LogP contribution < -0.4 is 5.48 Å². The van der Waals surface area contributed by atoms with Crippen molar-refractivity contribution in [3.05, 3.63) is 71.3 Å². The van der Waals surface area contributed by atoms with E-state index in [1.165, 1.54) is 0 Å². The maximum Gasteiger partial charge on any atom is 0.274 e. The van der Waals surface area contributed by atoms with Crippen molar-refractivity contribution >= 4 is 11.7 Å². The van der Waals surface area contributed by atoms with Crippen LogP contribution in [0.4, 0.5) is 0 Å². The molecule has 0 fully saturated rings. The summed E-state index contributed by atoms with van der Waals surface area (Å²) in [7, 11) is 0. The van der Waals surface area contributed by atoms with Crippen molar-refractivity contribution in [1.82, 2.24) is 5.48 Å². The molecule has 0 aliphatic rings. The predicted octanol–water partition coefficient (Wildman–Crippen LogP) is 2.62. The molecule has 2 N–H and O–H groups in total. The molecule has 0 aliphatic heterocycles. The highest BCUT2D eigenvalue weighted by molar-refractivity contribution is 5.96. The first kappa shape index (κ1) is 14.0. The summed E-state index contributed by atoms with van der Waals surface area (Å²) in [4.78, 5) is 23.1. The molecule has 4 nitrogen and oxygen atoms in total. The quantitative estimate of drug-likeness (QED) is 0.498. The van der Waals surface area contributed by atoms with Gasteiger partial charge in [-0.3, -0.25) is 14.8 Å². The van der Waals surface area contributed by atoms with Crippen LogP contribution in [0.5, 0.6) is 0 Å². The number of rotatable bonds is 5. The molecule has 2 aromatic carbocycles. The first-order valence-electron chi connectivity index (χ1n) is 6.32. The average Bonchev–Trinajstić information content (AvgIpc) is 2.53. The zero-order valence-electron chi connectivity index (χ0n) is 10.9. The lowest BCUT2D eigenvalue weighted by atomic mass is 10.0. The summed E-state index contributed by atoms with van der Waals surface area (Å²) in [6.07, 6.45) is 1.05. The third-order valence-electron chi connectivity index (χ3n) is 3.05. The van der Waals surface area contributed by atoms with Gasteiger partial charge in [-0.2, -0.15) is 0 Å². The van der Waals surface area contributed by atoms with Gasteiger partial charge in [0.15, 0.2) is 5.78 Å². The number of carbonyl (C=O) groups is 2. The van der Waals surface area contributed by atoms with E-state index >= 15 is 0 Å². The molecular formula is C16H15NO3. The molecular weight excluding hydrogens is 254 g/mol. The van der Waals surface area contributed by atoms with Crippen LogP contribution >= 0.6 is 0 Å². The standard InChI is InChI=1S/C16H15NO3/c18-15(13-4-2-1-3-5-13)11-8-12-6-9-14(10-7-12)16(19)17-20/h1-7,9-10,20H,8,11H2,(H,17,19). The number of ketones is 1. The van der Waals surface area contributed by atoms with Crippen LogP contribution in [0, 0.1) is 0 Å². The van der Waals surface area contributed by atoms with Crippen molar-refractivity contribution in [2.45, 2.75) is 12.8 Å². The first-order chi connectivity index (χ1) is 9.70. The minimum Gasteiger partial charge on any atom is -0.294 e. The summed E-state index contributed by atoms with van der Waals surface area (Å²) < 4.78 is 0. The molecule has 0 aliphatic carbocycles. The number of benzene rings is 2.